The Kier molecular flexibility index (Phi) is 10.7. The van der Waals surface area contributed by atoms with E-state index in [1.54, 1.807) is 33.4 Å². The van der Waals surface area contributed by atoms with Gasteiger partial charge in [-0.05, 0) is 55.7 Å². The molecule has 0 spiro atoms. The molecule has 0 amide bonds. The smallest absolute Gasteiger partial charge is 0.191 e. The van der Waals surface area contributed by atoms with Crippen molar-refractivity contribution in [3.8, 4) is 11.5 Å². The fourth-order valence-electron chi connectivity index (χ4n) is 2.85. The molecule has 0 fully saturated rings. The van der Waals surface area contributed by atoms with Gasteiger partial charge in [-0.2, -0.15) is 0 Å². The van der Waals surface area contributed by atoms with Gasteiger partial charge in [0.1, 0.15) is 17.3 Å². The highest BCUT2D eigenvalue weighted by Gasteiger charge is 2.14. The van der Waals surface area contributed by atoms with Crippen molar-refractivity contribution in [3.05, 3.63) is 59.4 Å². The summed E-state index contributed by atoms with van der Waals surface area (Å²) in [4.78, 5) is 4.27. The number of nitrogens with zero attached hydrogens (tertiary/aromatic N) is 1. The van der Waals surface area contributed by atoms with Crippen LogP contribution in [0.1, 0.15) is 30.5 Å². The van der Waals surface area contributed by atoms with Crippen molar-refractivity contribution in [2.24, 2.45) is 4.99 Å². The molecule has 28 heavy (non-hydrogen) atoms. The van der Waals surface area contributed by atoms with Gasteiger partial charge in [0.25, 0.3) is 0 Å². The van der Waals surface area contributed by atoms with Gasteiger partial charge in [-0.1, -0.05) is 12.1 Å². The zero-order valence-corrected chi connectivity index (χ0v) is 19.1. The lowest BCUT2D eigenvalue weighted by Gasteiger charge is -2.21. The second-order valence-corrected chi connectivity index (χ2v) is 6.21. The van der Waals surface area contributed by atoms with Gasteiger partial charge in [-0.3, -0.25) is 4.99 Å². The van der Waals surface area contributed by atoms with Crippen LogP contribution in [0.25, 0.3) is 0 Å². The van der Waals surface area contributed by atoms with Gasteiger partial charge >= 0.3 is 0 Å². The molecule has 2 aromatic rings. The number of guanidine groups is 1. The number of benzene rings is 2. The Bertz CT molecular complexity index is 771. The first kappa shape index (κ1) is 24.0. The Morgan fingerprint density at radius 1 is 1.14 bits per heavy atom. The summed E-state index contributed by atoms with van der Waals surface area (Å²) >= 11 is 0. The molecule has 0 aliphatic carbocycles. The summed E-state index contributed by atoms with van der Waals surface area (Å²) in [6.45, 7) is 2.77. The van der Waals surface area contributed by atoms with Gasteiger partial charge in [0, 0.05) is 19.2 Å². The molecule has 154 valence electrons. The predicted octanol–water partition coefficient (Wildman–Crippen LogP) is 4.32. The van der Waals surface area contributed by atoms with Gasteiger partial charge in [-0.15, -0.1) is 24.0 Å². The molecular formula is C21H29FIN3O2. The number of hydrogen-bond donors (Lipinski definition) is 2. The Hall–Kier alpha value is -2.03. The maximum atomic E-state index is 13.2. The maximum absolute atomic E-state index is 13.2. The summed E-state index contributed by atoms with van der Waals surface area (Å²) in [5, 5.41) is 6.65. The molecule has 7 heteroatoms. The molecule has 0 radical (unpaired) electrons. The van der Waals surface area contributed by atoms with Crippen LogP contribution in [0, 0.1) is 5.82 Å². The van der Waals surface area contributed by atoms with Crippen LogP contribution in [-0.4, -0.2) is 33.8 Å². The van der Waals surface area contributed by atoms with Gasteiger partial charge in [0.05, 0.1) is 20.3 Å². The molecule has 0 aliphatic rings. The van der Waals surface area contributed by atoms with Crippen LogP contribution in [0.4, 0.5) is 4.39 Å². The summed E-state index contributed by atoms with van der Waals surface area (Å²) in [5.74, 6) is 2.07. The van der Waals surface area contributed by atoms with Crippen molar-refractivity contribution in [1.82, 2.24) is 10.6 Å². The van der Waals surface area contributed by atoms with Crippen LogP contribution in [0.2, 0.25) is 0 Å². The SMILES string of the molecule is CN=C(NCCCc1cccc(F)c1)NC(C)c1cc(OC)ccc1OC.I. The van der Waals surface area contributed by atoms with E-state index in [1.165, 1.54) is 6.07 Å². The second-order valence-electron chi connectivity index (χ2n) is 6.21. The quantitative estimate of drug-likeness (QED) is 0.245. The van der Waals surface area contributed by atoms with Crippen LogP contribution >= 0.6 is 24.0 Å². The van der Waals surface area contributed by atoms with Crippen LogP contribution in [0.3, 0.4) is 0 Å². The fraction of sp³-hybridized carbons (Fsp3) is 0.381. The van der Waals surface area contributed by atoms with E-state index in [1.807, 2.05) is 31.2 Å². The minimum Gasteiger partial charge on any atom is -0.497 e. The highest BCUT2D eigenvalue weighted by molar-refractivity contribution is 14.0. The molecule has 0 aromatic heterocycles. The van der Waals surface area contributed by atoms with Gasteiger partial charge in [-0.25, -0.2) is 4.39 Å². The average Bonchev–Trinajstić information content (AvgIpc) is 2.69. The molecule has 5 nitrogen and oxygen atoms in total. The molecular weight excluding hydrogens is 472 g/mol. The molecule has 2 rings (SSSR count). The zero-order chi connectivity index (χ0) is 19.6. The molecule has 2 N–H and O–H groups in total. The number of aliphatic imine (C=N–C) groups is 1. The third-order valence-electron chi connectivity index (χ3n) is 4.30. The number of hydrogen-bond acceptors (Lipinski definition) is 3. The van der Waals surface area contributed by atoms with Crippen LogP contribution < -0.4 is 20.1 Å². The number of nitrogens with one attached hydrogen (secondary N) is 2. The van der Waals surface area contributed by atoms with E-state index in [0.29, 0.717) is 5.96 Å². The predicted molar refractivity (Wildman–Crippen MR) is 123 cm³/mol. The normalized spacial score (nSPS) is 12.0. The summed E-state index contributed by atoms with van der Waals surface area (Å²) in [7, 11) is 5.03. The van der Waals surface area contributed by atoms with Crippen molar-refractivity contribution in [2.45, 2.75) is 25.8 Å². The van der Waals surface area contributed by atoms with E-state index in [4.69, 9.17) is 9.47 Å². The van der Waals surface area contributed by atoms with E-state index in [-0.39, 0.29) is 35.8 Å². The first-order chi connectivity index (χ1) is 13.1. The van der Waals surface area contributed by atoms with Gasteiger partial charge < -0.3 is 20.1 Å². The lowest BCUT2D eigenvalue weighted by atomic mass is 10.1. The third-order valence-corrected chi connectivity index (χ3v) is 4.30. The van der Waals surface area contributed by atoms with Crippen LogP contribution in [0.5, 0.6) is 11.5 Å². The Labute approximate surface area is 183 Å². The standard InChI is InChI=1S/C21H28FN3O2.HI/c1-15(19-14-18(26-3)10-11-20(19)27-4)25-21(23-2)24-12-6-8-16-7-5-9-17(22)13-16;/h5,7,9-11,13-15H,6,8,12H2,1-4H3,(H2,23,24,25);1H. The first-order valence-corrected chi connectivity index (χ1v) is 9.01. The Morgan fingerprint density at radius 3 is 2.57 bits per heavy atom. The Morgan fingerprint density at radius 2 is 1.93 bits per heavy atom. The molecule has 1 unspecified atom stereocenters. The summed E-state index contributed by atoms with van der Waals surface area (Å²) in [5.41, 5.74) is 1.98. The number of aryl methyl sites for hydroxylation is 1. The molecule has 0 saturated heterocycles. The Balaban J connectivity index is 0.00000392. The average molecular weight is 501 g/mol. The van der Waals surface area contributed by atoms with E-state index in [9.17, 15) is 4.39 Å². The van der Waals surface area contributed by atoms with Gasteiger partial charge in [0.15, 0.2) is 5.96 Å². The van der Waals surface area contributed by atoms with E-state index in [0.717, 1.165) is 42.0 Å². The maximum Gasteiger partial charge on any atom is 0.191 e. The molecule has 0 bridgehead atoms. The first-order valence-electron chi connectivity index (χ1n) is 9.01. The van der Waals surface area contributed by atoms with Crippen molar-refractivity contribution in [1.29, 1.82) is 0 Å². The second kappa shape index (κ2) is 12.4. The number of ether oxygens (including phenoxy) is 2. The van der Waals surface area contributed by atoms with E-state index in [2.05, 4.69) is 15.6 Å². The van der Waals surface area contributed by atoms with Crippen LogP contribution in [-0.2, 0) is 6.42 Å². The largest absolute Gasteiger partial charge is 0.497 e. The lowest BCUT2D eigenvalue weighted by Crippen LogP contribution is -2.39. The minimum absolute atomic E-state index is 0. The monoisotopic (exact) mass is 501 g/mol. The number of halogens is 2. The van der Waals surface area contributed by atoms with E-state index < -0.39 is 0 Å². The number of rotatable bonds is 8. The van der Waals surface area contributed by atoms with Crippen molar-refractivity contribution < 1.29 is 13.9 Å². The highest BCUT2D eigenvalue weighted by Crippen LogP contribution is 2.29. The summed E-state index contributed by atoms with van der Waals surface area (Å²) in [6, 6.07) is 12.4. The molecule has 0 heterocycles. The summed E-state index contributed by atoms with van der Waals surface area (Å²) < 4.78 is 24.0. The van der Waals surface area contributed by atoms with Crippen molar-refractivity contribution in [3.63, 3.8) is 0 Å². The summed E-state index contributed by atoms with van der Waals surface area (Å²) in [6.07, 6.45) is 1.68. The van der Waals surface area contributed by atoms with E-state index >= 15 is 0 Å². The van der Waals surface area contributed by atoms with Crippen LogP contribution in [0.15, 0.2) is 47.5 Å². The third kappa shape index (κ3) is 7.18. The highest BCUT2D eigenvalue weighted by atomic mass is 127. The lowest BCUT2D eigenvalue weighted by molar-refractivity contribution is 0.394. The molecule has 0 saturated carbocycles. The molecule has 2 aromatic carbocycles. The van der Waals surface area contributed by atoms with Crippen molar-refractivity contribution in [2.75, 3.05) is 27.8 Å². The number of methoxy groups -OCH3 is 2. The van der Waals surface area contributed by atoms with Gasteiger partial charge in [0.2, 0.25) is 0 Å². The van der Waals surface area contributed by atoms with Crippen molar-refractivity contribution >= 4 is 29.9 Å². The molecule has 0 aliphatic heterocycles. The zero-order valence-electron chi connectivity index (χ0n) is 16.8. The topological polar surface area (TPSA) is 54.9 Å². The molecule has 1 atom stereocenters. The minimum atomic E-state index is -0.195. The fourth-order valence-corrected chi connectivity index (χ4v) is 2.85.